The van der Waals surface area contributed by atoms with Crippen molar-refractivity contribution in [1.82, 2.24) is 20.0 Å². The number of nitrogens with one attached hydrogen (secondary N) is 1. The number of aromatic nitrogens is 2. The van der Waals surface area contributed by atoms with Crippen LogP contribution in [-0.2, 0) is 6.54 Å². The van der Waals surface area contributed by atoms with Gasteiger partial charge in [-0.1, -0.05) is 25.0 Å². The molecule has 1 spiro atoms. The Morgan fingerprint density at radius 3 is 2.68 bits per heavy atom. The number of hydrogen-bond donors (Lipinski definition) is 1. The van der Waals surface area contributed by atoms with Gasteiger partial charge in [-0.2, -0.15) is 5.10 Å². The summed E-state index contributed by atoms with van der Waals surface area (Å²) in [5.74, 6) is 1.04. The summed E-state index contributed by atoms with van der Waals surface area (Å²) >= 11 is 0. The molecule has 132 valence electrons. The lowest BCUT2D eigenvalue weighted by Gasteiger charge is -2.26. The van der Waals surface area contributed by atoms with E-state index in [2.05, 4.69) is 44.6 Å². The van der Waals surface area contributed by atoms with Crippen molar-refractivity contribution in [3.63, 3.8) is 0 Å². The van der Waals surface area contributed by atoms with Gasteiger partial charge in [0.2, 0.25) is 0 Å². The molecule has 5 nitrogen and oxygen atoms in total. The first-order valence-electron chi connectivity index (χ1n) is 9.33. The number of benzene rings is 1. The highest BCUT2D eigenvalue weighted by atomic mass is 15.3. The van der Waals surface area contributed by atoms with Gasteiger partial charge >= 0.3 is 0 Å². The van der Waals surface area contributed by atoms with E-state index in [4.69, 9.17) is 0 Å². The minimum absolute atomic E-state index is 0.572. The zero-order valence-electron chi connectivity index (χ0n) is 15.0. The molecule has 0 atom stereocenters. The van der Waals surface area contributed by atoms with Gasteiger partial charge in [0, 0.05) is 39.1 Å². The van der Waals surface area contributed by atoms with Crippen LogP contribution in [-0.4, -0.2) is 40.8 Å². The fraction of sp³-hybridized carbons (Fsp3) is 0.500. The van der Waals surface area contributed by atoms with Crippen molar-refractivity contribution in [3.05, 3.63) is 48.3 Å². The minimum Gasteiger partial charge on any atom is -0.352 e. The quantitative estimate of drug-likeness (QED) is 0.691. The zero-order valence-corrected chi connectivity index (χ0v) is 15.0. The fourth-order valence-electron chi connectivity index (χ4n) is 4.35. The molecule has 0 unspecified atom stereocenters. The highest BCUT2D eigenvalue weighted by Crippen LogP contribution is 2.45. The summed E-state index contributed by atoms with van der Waals surface area (Å²) in [5, 5.41) is 7.81. The molecule has 2 aromatic rings. The molecule has 1 aliphatic heterocycles. The highest BCUT2D eigenvalue weighted by Gasteiger charge is 2.40. The first-order valence-corrected chi connectivity index (χ1v) is 9.33. The van der Waals surface area contributed by atoms with Gasteiger partial charge in [-0.25, -0.2) is 4.68 Å². The van der Waals surface area contributed by atoms with Crippen LogP contribution in [0.1, 0.15) is 37.7 Å². The van der Waals surface area contributed by atoms with Crippen LogP contribution in [0.4, 0.5) is 0 Å². The van der Waals surface area contributed by atoms with E-state index in [1.807, 2.05) is 24.0 Å². The van der Waals surface area contributed by atoms with Crippen LogP contribution in [0.3, 0.4) is 0 Å². The normalized spacial score (nSPS) is 19.7. The Balaban J connectivity index is 1.35. The van der Waals surface area contributed by atoms with Crippen molar-refractivity contribution in [2.24, 2.45) is 10.4 Å². The summed E-state index contributed by atoms with van der Waals surface area (Å²) in [6.45, 7) is 3.11. The molecule has 1 aliphatic carbocycles. The number of likely N-dealkylation sites (tertiary alicyclic amines) is 1. The lowest BCUT2D eigenvalue weighted by atomic mass is 9.86. The van der Waals surface area contributed by atoms with Crippen LogP contribution in [0.25, 0.3) is 5.69 Å². The van der Waals surface area contributed by atoms with Gasteiger partial charge in [-0.05, 0) is 48.4 Å². The molecular formula is C20H27N5. The predicted molar refractivity (Wildman–Crippen MR) is 101 cm³/mol. The predicted octanol–water partition coefficient (Wildman–Crippen LogP) is 3.21. The second-order valence-corrected chi connectivity index (χ2v) is 7.40. The largest absolute Gasteiger partial charge is 0.352 e. The summed E-state index contributed by atoms with van der Waals surface area (Å²) in [4.78, 5) is 6.96. The third-order valence-corrected chi connectivity index (χ3v) is 5.77. The van der Waals surface area contributed by atoms with Gasteiger partial charge in [0.1, 0.15) is 0 Å². The SMILES string of the molecule is CN=C(NCc1ccc(-n2cccn2)cc1)N1CCC2(CCCC2)C1. The number of aliphatic imine (C=N–C) groups is 1. The van der Waals surface area contributed by atoms with Crippen molar-refractivity contribution in [1.29, 1.82) is 0 Å². The average Bonchev–Trinajstić information content (AvgIpc) is 3.40. The molecule has 1 saturated heterocycles. The smallest absolute Gasteiger partial charge is 0.193 e. The molecule has 2 aliphatic rings. The van der Waals surface area contributed by atoms with Crippen molar-refractivity contribution in [2.75, 3.05) is 20.1 Å². The second-order valence-electron chi connectivity index (χ2n) is 7.40. The van der Waals surface area contributed by atoms with Gasteiger partial charge in [-0.3, -0.25) is 4.99 Å². The van der Waals surface area contributed by atoms with Crippen molar-refractivity contribution >= 4 is 5.96 Å². The van der Waals surface area contributed by atoms with Crippen molar-refractivity contribution in [3.8, 4) is 5.69 Å². The average molecular weight is 337 g/mol. The molecule has 5 heteroatoms. The molecule has 0 amide bonds. The molecule has 4 rings (SSSR count). The third kappa shape index (κ3) is 3.41. The Hall–Kier alpha value is -2.30. The molecule has 1 N–H and O–H groups in total. The molecule has 2 heterocycles. The van der Waals surface area contributed by atoms with E-state index in [9.17, 15) is 0 Å². The molecule has 25 heavy (non-hydrogen) atoms. The number of guanidine groups is 1. The van der Waals surface area contributed by atoms with Crippen LogP contribution < -0.4 is 5.32 Å². The molecule has 2 fully saturated rings. The van der Waals surface area contributed by atoms with Crippen LogP contribution in [0.2, 0.25) is 0 Å². The monoisotopic (exact) mass is 337 g/mol. The Morgan fingerprint density at radius 1 is 1.20 bits per heavy atom. The molecule has 0 radical (unpaired) electrons. The van der Waals surface area contributed by atoms with E-state index >= 15 is 0 Å². The Morgan fingerprint density at radius 2 is 2.00 bits per heavy atom. The van der Waals surface area contributed by atoms with Gasteiger partial charge in [-0.15, -0.1) is 0 Å². The van der Waals surface area contributed by atoms with Crippen LogP contribution in [0.5, 0.6) is 0 Å². The standard InChI is InChI=1S/C20H27N5/c1-21-19(24-14-11-20(16-24)9-2-3-10-20)22-15-17-5-7-18(8-6-17)25-13-4-12-23-25/h4-8,12-13H,2-3,9-11,14-16H2,1H3,(H,21,22). The van der Waals surface area contributed by atoms with E-state index in [0.717, 1.165) is 24.7 Å². The summed E-state index contributed by atoms with van der Waals surface area (Å²) in [6, 6.07) is 10.5. The third-order valence-electron chi connectivity index (χ3n) is 5.77. The Bertz CT molecular complexity index is 711. The topological polar surface area (TPSA) is 45.5 Å². The van der Waals surface area contributed by atoms with Gasteiger partial charge in [0.25, 0.3) is 0 Å². The van der Waals surface area contributed by atoms with E-state index in [1.165, 1.54) is 44.2 Å². The molecular weight excluding hydrogens is 310 g/mol. The van der Waals surface area contributed by atoms with Gasteiger partial charge in [0.05, 0.1) is 5.69 Å². The maximum Gasteiger partial charge on any atom is 0.193 e. The van der Waals surface area contributed by atoms with Crippen LogP contribution in [0, 0.1) is 5.41 Å². The molecule has 0 bridgehead atoms. The zero-order chi connectivity index (χ0) is 17.1. The van der Waals surface area contributed by atoms with Gasteiger partial charge < -0.3 is 10.2 Å². The minimum atomic E-state index is 0.572. The van der Waals surface area contributed by atoms with Crippen molar-refractivity contribution in [2.45, 2.75) is 38.6 Å². The van der Waals surface area contributed by atoms with Gasteiger partial charge in [0.15, 0.2) is 5.96 Å². The first kappa shape index (κ1) is 16.2. The molecule has 1 aromatic heterocycles. The highest BCUT2D eigenvalue weighted by molar-refractivity contribution is 5.80. The Kier molecular flexibility index (Phi) is 4.47. The Labute approximate surface area is 149 Å². The number of hydrogen-bond acceptors (Lipinski definition) is 2. The summed E-state index contributed by atoms with van der Waals surface area (Å²) in [6.07, 6.45) is 10.7. The summed E-state index contributed by atoms with van der Waals surface area (Å²) < 4.78 is 1.88. The maximum atomic E-state index is 4.52. The molecule has 1 saturated carbocycles. The lowest BCUT2D eigenvalue weighted by Crippen LogP contribution is -2.40. The van der Waals surface area contributed by atoms with Crippen molar-refractivity contribution < 1.29 is 0 Å². The number of rotatable bonds is 3. The number of nitrogens with zero attached hydrogens (tertiary/aromatic N) is 4. The van der Waals surface area contributed by atoms with E-state index in [-0.39, 0.29) is 0 Å². The van der Waals surface area contributed by atoms with E-state index < -0.39 is 0 Å². The fourth-order valence-corrected chi connectivity index (χ4v) is 4.35. The summed E-state index contributed by atoms with van der Waals surface area (Å²) in [5.41, 5.74) is 2.91. The van der Waals surface area contributed by atoms with Crippen LogP contribution in [0.15, 0.2) is 47.7 Å². The summed E-state index contributed by atoms with van der Waals surface area (Å²) in [7, 11) is 1.89. The first-order chi connectivity index (χ1) is 12.3. The van der Waals surface area contributed by atoms with E-state index in [1.54, 1.807) is 6.20 Å². The molecule has 1 aromatic carbocycles. The maximum absolute atomic E-state index is 4.52. The van der Waals surface area contributed by atoms with E-state index in [0.29, 0.717) is 5.41 Å². The lowest BCUT2D eigenvalue weighted by molar-refractivity contribution is 0.309. The second kappa shape index (κ2) is 6.90. The van der Waals surface area contributed by atoms with Crippen LogP contribution >= 0.6 is 0 Å².